The maximum Gasteiger partial charge on any atom is 0.416 e. The van der Waals surface area contributed by atoms with Crippen molar-refractivity contribution in [2.45, 2.75) is 41.7 Å². The van der Waals surface area contributed by atoms with Crippen LogP contribution in [0.1, 0.15) is 31.2 Å². The molecule has 2 aromatic rings. The minimum atomic E-state index is -4.44. The smallest absolute Gasteiger partial charge is 0.416 e. The molecule has 1 N–H and O–H groups in total. The van der Waals surface area contributed by atoms with Crippen LogP contribution in [0.15, 0.2) is 52.3 Å². The van der Waals surface area contributed by atoms with E-state index in [1.54, 1.807) is 6.07 Å². The van der Waals surface area contributed by atoms with Crippen LogP contribution in [0.2, 0.25) is 0 Å². The molecular formula is C21H22ClF3N2OS. The Morgan fingerprint density at radius 1 is 1.00 bits per heavy atom. The molecule has 0 unspecified atom stereocenters. The number of piperidine rings is 1. The standard InChI is InChI=1S/C21H21F3N2OS.ClH/c22-21(23,24)15-8-9-19-17(14-15)26(16-6-2-3-7-18(16)28-19)20(27)10-13-25-11-4-1-5-12-25;/h2-3,6-9,14H,1,4-5,10-13H2;1H. The Hall–Kier alpha value is -1.70. The lowest BCUT2D eigenvalue weighted by atomic mass is 10.1. The lowest BCUT2D eigenvalue weighted by Crippen LogP contribution is -3.12. The zero-order valence-corrected chi connectivity index (χ0v) is 17.3. The van der Waals surface area contributed by atoms with Crippen molar-refractivity contribution in [3.63, 3.8) is 0 Å². The minimum absolute atomic E-state index is 0. The number of fused-ring (bicyclic) bond motifs is 2. The fourth-order valence-corrected chi connectivity index (χ4v) is 4.94. The molecule has 1 amide bonds. The molecule has 2 aromatic carbocycles. The number of para-hydroxylation sites is 1. The van der Waals surface area contributed by atoms with Gasteiger partial charge in [0.25, 0.3) is 0 Å². The first-order valence-corrected chi connectivity index (χ1v) is 10.4. The van der Waals surface area contributed by atoms with Crippen molar-refractivity contribution in [2.24, 2.45) is 0 Å². The van der Waals surface area contributed by atoms with E-state index >= 15 is 0 Å². The topological polar surface area (TPSA) is 24.8 Å². The number of alkyl halides is 3. The zero-order chi connectivity index (χ0) is 19.7. The van der Waals surface area contributed by atoms with Gasteiger partial charge in [0.2, 0.25) is 5.91 Å². The highest BCUT2D eigenvalue weighted by Gasteiger charge is 2.35. The van der Waals surface area contributed by atoms with E-state index in [-0.39, 0.29) is 18.3 Å². The number of halogens is 4. The maximum absolute atomic E-state index is 13.3. The SMILES string of the molecule is O=C(CC[NH+]1CCCCC1)N1c2ccccc2Sc2ccc(C(F)(F)F)cc21.[Cl-]. The molecule has 0 spiro atoms. The second kappa shape index (κ2) is 8.98. The monoisotopic (exact) mass is 442 g/mol. The summed E-state index contributed by atoms with van der Waals surface area (Å²) in [4.78, 5) is 17.6. The zero-order valence-electron chi connectivity index (χ0n) is 15.8. The molecule has 156 valence electrons. The second-order valence-corrected chi connectivity index (χ2v) is 8.37. The van der Waals surface area contributed by atoms with Gasteiger partial charge in [-0.2, -0.15) is 13.2 Å². The summed E-state index contributed by atoms with van der Waals surface area (Å²) in [6, 6.07) is 11.0. The van der Waals surface area contributed by atoms with E-state index in [0.29, 0.717) is 22.7 Å². The lowest BCUT2D eigenvalue weighted by Gasteiger charge is -2.32. The van der Waals surface area contributed by atoms with Crippen molar-refractivity contribution >= 4 is 29.0 Å². The number of hydrogen-bond acceptors (Lipinski definition) is 2. The Balaban J connectivity index is 0.00000240. The van der Waals surface area contributed by atoms with Crippen LogP contribution >= 0.6 is 11.8 Å². The maximum atomic E-state index is 13.3. The van der Waals surface area contributed by atoms with Crippen LogP contribution < -0.4 is 22.2 Å². The summed E-state index contributed by atoms with van der Waals surface area (Å²) in [6.45, 7) is 2.85. The number of benzene rings is 2. The summed E-state index contributed by atoms with van der Waals surface area (Å²) >= 11 is 1.40. The molecular weight excluding hydrogens is 421 g/mol. The molecule has 2 heterocycles. The van der Waals surface area contributed by atoms with Crippen LogP contribution in [0.3, 0.4) is 0 Å². The second-order valence-electron chi connectivity index (χ2n) is 7.29. The first kappa shape index (κ1) is 22.0. The predicted molar refractivity (Wildman–Crippen MR) is 103 cm³/mol. The predicted octanol–water partition coefficient (Wildman–Crippen LogP) is 1.30. The Kier molecular flexibility index (Phi) is 6.81. The van der Waals surface area contributed by atoms with E-state index in [2.05, 4.69) is 0 Å². The number of quaternary nitrogens is 1. The van der Waals surface area contributed by atoms with Gasteiger partial charge < -0.3 is 17.3 Å². The minimum Gasteiger partial charge on any atom is -1.00 e. The number of nitrogens with zero attached hydrogens (tertiary/aromatic N) is 1. The van der Waals surface area contributed by atoms with Crippen molar-refractivity contribution in [3.8, 4) is 0 Å². The van der Waals surface area contributed by atoms with E-state index in [1.165, 1.54) is 46.9 Å². The van der Waals surface area contributed by atoms with E-state index < -0.39 is 11.7 Å². The normalized spacial score (nSPS) is 16.6. The van der Waals surface area contributed by atoms with Gasteiger partial charge in [0, 0.05) is 9.79 Å². The van der Waals surface area contributed by atoms with Gasteiger partial charge in [0.1, 0.15) is 0 Å². The molecule has 0 aromatic heterocycles. The highest BCUT2D eigenvalue weighted by Crippen LogP contribution is 2.49. The Morgan fingerprint density at radius 3 is 2.41 bits per heavy atom. The number of rotatable bonds is 3. The average Bonchev–Trinajstić information content (AvgIpc) is 2.70. The van der Waals surface area contributed by atoms with Crippen molar-refractivity contribution < 1.29 is 35.3 Å². The first-order chi connectivity index (χ1) is 13.4. The highest BCUT2D eigenvalue weighted by atomic mass is 35.5. The van der Waals surface area contributed by atoms with Crippen LogP contribution in [0.25, 0.3) is 0 Å². The molecule has 2 aliphatic rings. The van der Waals surface area contributed by atoms with Crippen LogP contribution in [0.4, 0.5) is 24.5 Å². The molecule has 0 saturated carbocycles. The van der Waals surface area contributed by atoms with Gasteiger partial charge in [0.05, 0.1) is 43.0 Å². The fraction of sp³-hybridized carbons (Fsp3) is 0.381. The number of carbonyl (C=O) groups is 1. The number of nitrogens with one attached hydrogen (secondary N) is 1. The number of likely N-dealkylation sites (tertiary alicyclic amines) is 1. The van der Waals surface area contributed by atoms with Crippen LogP contribution in [0.5, 0.6) is 0 Å². The average molecular weight is 443 g/mol. The summed E-state index contributed by atoms with van der Waals surface area (Å²) in [5, 5.41) is 0. The van der Waals surface area contributed by atoms with E-state index in [9.17, 15) is 18.0 Å². The Morgan fingerprint density at radius 2 is 1.69 bits per heavy atom. The van der Waals surface area contributed by atoms with Gasteiger partial charge in [-0.1, -0.05) is 23.9 Å². The van der Waals surface area contributed by atoms with Gasteiger partial charge in [-0.3, -0.25) is 9.69 Å². The fourth-order valence-electron chi connectivity index (χ4n) is 3.90. The third kappa shape index (κ3) is 4.73. The largest absolute Gasteiger partial charge is 1.00 e. The molecule has 0 radical (unpaired) electrons. The van der Waals surface area contributed by atoms with E-state index in [1.807, 2.05) is 18.2 Å². The molecule has 0 atom stereocenters. The van der Waals surface area contributed by atoms with Crippen molar-refractivity contribution in [1.29, 1.82) is 0 Å². The summed E-state index contributed by atoms with van der Waals surface area (Å²) in [5.74, 6) is -0.147. The molecule has 2 aliphatic heterocycles. The molecule has 1 saturated heterocycles. The van der Waals surface area contributed by atoms with Gasteiger partial charge in [-0.15, -0.1) is 0 Å². The lowest BCUT2D eigenvalue weighted by molar-refractivity contribution is -0.904. The Labute approximate surface area is 178 Å². The van der Waals surface area contributed by atoms with Crippen LogP contribution in [-0.4, -0.2) is 25.5 Å². The molecule has 29 heavy (non-hydrogen) atoms. The Bertz CT molecular complexity index is 884. The van der Waals surface area contributed by atoms with Crippen LogP contribution in [0, 0.1) is 0 Å². The third-order valence-electron chi connectivity index (χ3n) is 5.36. The molecule has 8 heteroatoms. The van der Waals surface area contributed by atoms with Crippen molar-refractivity contribution in [2.75, 3.05) is 24.5 Å². The summed E-state index contributed by atoms with van der Waals surface area (Å²) in [5.41, 5.74) is 0.265. The van der Waals surface area contributed by atoms with Gasteiger partial charge >= 0.3 is 6.18 Å². The summed E-state index contributed by atoms with van der Waals surface area (Å²) in [7, 11) is 0. The summed E-state index contributed by atoms with van der Waals surface area (Å²) < 4.78 is 39.8. The molecule has 0 aliphatic carbocycles. The number of hydrogen-bond donors (Lipinski definition) is 1. The number of amides is 1. The van der Waals surface area contributed by atoms with Crippen molar-refractivity contribution in [1.82, 2.24) is 0 Å². The van der Waals surface area contributed by atoms with Gasteiger partial charge in [-0.25, -0.2) is 0 Å². The van der Waals surface area contributed by atoms with E-state index in [0.717, 1.165) is 36.7 Å². The molecule has 4 rings (SSSR count). The molecule has 1 fully saturated rings. The van der Waals surface area contributed by atoms with Crippen LogP contribution in [-0.2, 0) is 11.0 Å². The molecule has 0 bridgehead atoms. The summed E-state index contributed by atoms with van der Waals surface area (Å²) in [6.07, 6.45) is -0.538. The quantitative estimate of drug-likeness (QED) is 0.775. The third-order valence-corrected chi connectivity index (χ3v) is 6.49. The number of anilines is 2. The van der Waals surface area contributed by atoms with Gasteiger partial charge in [-0.05, 0) is 49.6 Å². The number of carbonyl (C=O) groups excluding carboxylic acids is 1. The van der Waals surface area contributed by atoms with Crippen molar-refractivity contribution in [3.05, 3.63) is 48.0 Å². The highest BCUT2D eigenvalue weighted by molar-refractivity contribution is 7.99. The van der Waals surface area contributed by atoms with Gasteiger partial charge in [0.15, 0.2) is 0 Å². The first-order valence-electron chi connectivity index (χ1n) is 9.58. The molecule has 3 nitrogen and oxygen atoms in total. The van der Waals surface area contributed by atoms with E-state index in [4.69, 9.17) is 0 Å².